The molecule has 0 fully saturated rings. The van der Waals surface area contributed by atoms with E-state index in [4.69, 9.17) is 5.73 Å². The number of hydrogen-bond acceptors (Lipinski definition) is 3. The summed E-state index contributed by atoms with van der Waals surface area (Å²) in [6.07, 6.45) is 2.08. The molecule has 2 rings (SSSR count). The molecule has 1 aromatic carbocycles. The minimum absolute atomic E-state index is 0.0275. The topological polar surface area (TPSA) is 46.3 Å². The van der Waals surface area contributed by atoms with Crippen LogP contribution in [0.2, 0.25) is 0 Å². The Balaban J connectivity index is 2.33. The zero-order chi connectivity index (χ0) is 14.0. The molecular weight excluding hydrogens is 256 g/mol. The highest BCUT2D eigenvalue weighted by Gasteiger charge is 2.22. The molecule has 19 heavy (non-hydrogen) atoms. The van der Waals surface area contributed by atoms with E-state index in [9.17, 15) is 4.79 Å². The summed E-state index contributed by atoms with van der Waals surface area (Å²) in [5.74, 6) is 0.0275. The van der Waals surface area contributed by atoms with Gasteiger partial charge >= 0.3 is 0 Å². The number of anilines is 1. The average Bonchev–Trinajstić information content (AvgIpc) is 2.75. The van der Waals surface area contributed by atoms with Crippen LogP contribution in [0, 0.1) is 0 Å². The standard InChI is InChI=1S/C15H20N2OS/c1-4-7-10(2)17(3)15(18)14-13(16)11-8-5-6-9-12(11)19-14/h5-6,8-10H,4,7,16H2,1-3H3. The van der Waals surface area contributed by atoms with Gasteiger partial charge in [-0.2, -0.15) is 0 Å². The fourth-order valence-corrected chi connectivity index (χ4v) is 3.30. The molecule has 102 valence electrons. The van der Waals surface area contributed by atoms with Gasteiger partial charge in [0, 0.05) is 23.2 Å². The summed E-state index contributed by atoms with van der Waals surface area (Å²) in [4.78, 5) is 15.0. The lowest BCUT2D eigenvalue weighted by atomic mass is 10.1. The maximum atomic E-state index is 12.5. The Morgan fingerprint density at radius 3 is 2.74 bits per heavy atom. The summed E-state index contributed by atoms with van der Waals surface area (Å²) in [5, 5.41) is 0.979. The van der Waals surface area contributed by atoms with Crippen LogP contribution in [0.4, 0.5) is 5.69 Å². The Bertz CT molecular complexity index is 591. The number of amides is 1. The van der Waals surface area contributed by atoms with Gasteiger partial charge in [-0.3, -0.25) is 4.79 Å². The van der Waals surface area contributed by atoms with E-state index in [1.165, 1.54) is 11.3 Å². The summed E-state index contributed by atoms with van der Waals surface area (Å²) in [5.41, 5.74) is 6.73. The molecule has 0 radical (unpaired) electrons. The number of nitrogens with zero attached hydrogens (tertiary/aromatic N) is 1. The number of nitrogens with two attached hydrogens (primary N) is 1. The lowest BCUT2D eigenvalue weighted by Gasteiger charge is -2.24. The van der Waals surface area contributed by atoms with Gasteiger partial charge in [-0.05, 0) is 19.4 Å². The van der Waals surface area contributed by atoms with Gasteiger partial charge in [-0.25, -0.2) is 0 Å². The minimum atomic E-state index is 0.0275. The zero-order valence-electron chi connectivity index (χ0n) is 11.6. The molecule has 1 heterocycles. The molecule has 1 aromatic heterocycles. The monoisotopic (exact) mass is 276 g/mol. The number of hydrogen-bond donors (Lipinski definition) is 1. The molecule has 2 aromatic rings. The van der Waals surface area contributed by atoms with Crippen molar-refractivity contribution in [1.29, 1.82) is 0 Å². The Morgan fingerprint density at radius 1 is 1.42 bits per heavy atom. The average molecular weight is 276 g/mol. The number of benzene rings is 1. The third kappa shape index (κ3) is 2.59. The van der Waals surface area contributed by atoms with Crippen molar-refractivity contribution in [2.75, 3.05) is 12.8 Å². The molecule has 1 amide bonds. The first-order chi connectivity index (χ1) is 9.06. The third-order valence-corrected chi connectivity index (χ3v) is 4.69. The first kappa shape index (κ1) is 13.9. The molecule has 4 heteroatoms. The molecule has 0 saturated heterocycles. The van der Waals surface area contributed by atoms with Crippen LogP contribution in [-0.2, 0) is 0 Å². The second kappa shape index (κ2) is 5.61. The quantitative estimate of drug-likeness (QED) is 0.924. The van der Waals surface area contributed by atoms with Crippen LogP contribution in [0.5, 0.6) is 0 Å². The van der Waals surface area contributed by atoms with Crippen LogP contribution >= 0.6 is 11.3 Å². The van der Waals surface area contributed by atoms with E-state index < -0.39 is 0 Å². The van der Waals surface area contributed by atoms with Crippen molar-refractivity contribution in [1.82, 2.24) is 4.90 Å². The van der Waals surface area contributed by atoms with Crippen molar-refractivity contribution >= 4 is 33.0 Å². The van der Waals surface area contributed by atoms with E-state index >= 15 is 0 Å². The molecule has 0 aliphatic carbocycles. The third-order valence-electron chi connectivity index (χ3n) is 3.52. The second-order valence-electron chi connectivity index (χ2n) is 4.89. The van der Waals surface area contributed by atoms with Crippen LogP contribution < -0.4 is 5.73 Å². The molecule has 1 unspecified atom stereocenters. The van der Waals surface area contributed by atoms with Crippen LogP contribution in [0.15, 0.2) is 24.3 Å². The van der Waals surface area contributed by atoms with Gasteiger partial charge in [0.1, 0.15) is 4.88 Å². The molecular formula is C15H20N2OS. The second-order valence-corrected chi connectivity index (χ2v) is 5.95. The van der Waals surface area contributed by atoms with Gasteiger partial charge in [0.25, 0.3) is 5.91 Å². The number of carbonyl (C=O) groups is 1. The van der Waals surface area contributed by atoms with Crippen molar-refractivity contribution in [3.63, 3.8) is 0 Å². The SMILES string of the molecule is CCCC(C)N(C)C(=O)c1sc2ccccc2c1N. The molecule has 0 bridgehead atoms. The van der Waals surface area contributed by atoms with E-state index in [-0.39, 0.29) is 11.9 Å². The lowest BCUT2D eigenvalue weighted by Crippen LogP contribution is -2.34. The number of thiophene rings is 1. The van der Waals surface area contributed by atoms with E-state index in [1.54, 1.807) is 4.90 Å². The van der Waals surface area contributed by atoms with Crippen molar-refractivity contribution < 1.29 is 4.79 Å². The summed E-state index contributed by atoms with van der Waals surface area (Å²) in [6.45, 7) is 4.20. The number of carbonyl (C=O) groups excluding carboxylic acids is 1. The van der Waals surface area contributed by atoms with E-state index in [1.807, 2.05) is 31.3 Å². The fraction of sp³-hybridized carbons (Fsp3) is 0.400. The maximum Gasteiger partial charge on any atom is 0.266 e. The van der Waals surface area contributed by atoms with Crippen molar-refractivity contribution in [3.05, 3.63) is 29.1 Å². The Kier molecular flexibility index (Phi) is 4.10. The molecule has 3 nitrogen and oxygen atoms in total. The molecule has 2 N–H and O–H groups in total. The number of nitrogen functional groups attached to an aromatic ring is 1. The van der Waals surface area contributed by atoms with Gasteiger partial charge in [-0.15, -0.1) is 11.3 Å². The highest BCUT2D eigenvalue weighted by molar-refractivity contribution is 7.21. The van der Waals surface area contributed by atoms with Crippen molar-refractivity contribution in [2.24, 2.45) is 0 Å². The van der Waals surface area contributed by atoms with Crippen LogP contribution in [0.1, 0.15) is 36.4 Å². The Hall–Kier alpha value is -1.55. The summed E-state index contributed by atoms with van der Waals surface area (Å²) in [6, 6.07) is 8.12. The molecule has 0 saturated carbocycles. The van der Waals surface area contributed by atoms with Crippen LogP contribution in [0.3, 0.4) is 0 Å². The summed E-state index contributed by atoms with van der Waals surface area (Å²) >= 11 is 1.48. The van der Waals surface area contributed by atoms with Crippen LogP contribution in [0.25, 0.3) is 10.1 Å². The van der Waals surface area contributed by atoms with Crippen molar-refractivity contribution in [3.8, 4) is 0 Å². The molecule has 0 aliphatic heterocycles. The molecule has 0 aliphatic rings. The Labute approximate surface area is 118 Å². The summed E-state index contributed by atoms with van der Waals surface area (Å²) < 4.78 is 1.07. The molecule has 0 spiro atoms. The van der Waals surface area contributed by atoms with Crippen molar-refractivity contribution in [2.45, 2.75) is 32.7 Å². The predicted molar refractivity (Wildman–Crippen MR) is 82.7 cm³/mol. The number of fused-ring (bicyclic) bond motifs is 1. The normalized spacial score (nSPS) is 12.6. The first-order valence-electron chi connectivity index (χ1n) is 6.60. The minimum Gasteiger partial charge on any atom is -0.397 e. The van der Waals surface area contributed by atoms with Gasteiger partial charge < -0.3 is 10.6 Å². The highest BCUT2D eigenvalue weighted by atomic mass is 32.1. The summed E-state index contributed by atoms with van der Waals surface area (Å²) in [7, 11) is 1.85. The van der Waals surface area contributed by atoms with Crippen LogP contribution in [-0.4, -0.2) is 23.9 Å². The fourth-order valence-electron chi connectivity index (χ4n) is 2.20. The Morgan fingerprint density at radius 2 is 2.11 bits per heavy atom. The van der Waals surface area contributed by atoms with E-state index in [2.05, 4.69) is 13.8 Å². The lowest BCUT2D eigenvalue weighted by molar-refractivity contribution is 0.0742. The maximum absolute atomic E-state index is 12.5. The largest absolute Gasteiger partial charge is 0.397 e. The highest BCUT2D eigenvalue weighted by Crippen LogP contribution is 2.34. The molecule has 1 atom stereocenters. The smallest absolute Gasteiger partial charge is 0.266 e. The predicted octanol–water partition coefficient (Wildman–Crippen LogP) is 3.74. The van der Waals surface area contributed by atoms with E-state index in [0.29, 0.717) is 10.6 Å². The van der Waals surface area contributed by atoms with Gasteiger partial charge in [0.15, 0.2) is 0 Å². The van der Waals surface area contributed by atoms with E-state index in [0.717, 1.165) is 22.9 Å². The van der Waals surface area contributed by atoms with Gasteiger partial charge in [0.05, 0.1) is 5.69 Å². The first-order valence-corrected chi connectivity index (χ1v) is 7.42. The zero-order valence-corrected chi connectivity index (χ0v) is 12.5. The number of rotatable bonds is 4. The van der Waals surface area contributed by atoms with Gasteiger partial charge in [-0.1, -0.05) is 31.5 Å². The van der Waals surface area contributed by atoms with Gasteiger partial charge in [0.2, 0.25) is 0 Å².